The Bertz CT molecular complexity index is 474. The number of aromatic nitrogens is 2. The summed E-state index contributed by atoms with van der Waals surface area (Å²) in [5.41, 5.74) is 1.87. The van der Waals surface area contributed by atoms with Crippen LogP contribution in [0.4, 0.5) is 11.6 Å². The van der Waals surface area contributed by atoms with Gasteiger partial charge in [0.2, 0.25) is 0 Å². The molecule has 0 aliphatic rings. The van der Waals surface area contributed by atoms with Crippen LogP contribution in [0, 0.1) is 5.41 Å². The SMILES string of the molecule is COC(=O)C(C)(C)CNc1cc(NN)nc(C(C)C)n1. The Balaban J connectivity index is 2.87. The molecular formula is C13H23N5O2. The van der Waals surface area contributed by atoms with E-state index in [1.165, 1.54) is 7.11 Å². The summed E-state index contributed by atoms with van der Waals surface area (Å²) in [4.78, 5) is 20.3. The minimum Gasteiger partial charge on any atom is -0.469 e. The summed E-state index contributed by atoms with van der Waals surface area (Å²) in [5.74, 6) is 7.13. The van der Waals surface area contributed by atoms with Crippen molar-refractivity contribution in [3.63, 3.8) is 0 Å². The molecule has 4 N–H and O–H groups in total. The fourth-order valence-electron chi connectivity index (χ4n) is 1.55. The maximum Gasteiger partial charge on any atom is 0.313 e. The number of hydrogen-bond donors (Lipinski definition) is 3. The zero-order valence-corrected chi connectivity index (χ0v) is 12.7. The molecule has 1 aromatic heterocycles. The lowest BCUT2D eigenvalue weighted by atomic mass is 9.94. The molecule has 0 fully saturated rings. The van der Waals surface area contributed by atoms with Crippen molar-refractivity contribution in [2.45, 2.75) is 33.6 Å². The normalized spacial score (nSPS) is 11.3. The number of methoxy groups -OCH3 is 1. The molecule has 0 saturated heterocycles. The predicted molar refractivity (Wildman–Crippen MR) is 78.2 cm³/mol. The van der Waals surface area contributed by atoms with Crippen molar-refractivity contribution in [1.82, 2.24) is 9.97 Å². The molecule has 7 heteroatoms. The van der Waals surface area contributed by atoms with Gasteiger partial charge in [-0.05, 0) is 13.8 Å². The van der Waals surface area contributed by atoms with Gasteiger partial charge in [-0.25, -0.2) is 15.8 Å². The van der Waals surface area contributed by atoms with Crippen LogP contribution < -0.4 is 16.6 Å². The molecule has 0 amide bonds. The number of anilines is 2. The summed E-state index contributed by atoms with van der Waals surface area (Å²) in [6.45, 7) is 8.00. The van der Waals surface area contributed by atoms with Gasteiger partial charge < -0.3 is 15.5 Å². The van der Waals surface area contributed by atoms with Crippen molar-refractivity contribution in [1.29, 1.82) is 0 Å². The van der Waals surface area contributed by atoms with Gasteiger partial charge >= 0.3 is 5.97 Å². The highest BCUT2D eigenvalue weighted by Gasteiger charge is 2.28. The van der Waals surface area contributed by atoms with E-state index in [2.05, 4.69) is 20.7 Å². The molecule has 1 aromatic rings. The molecule has 0 aliphatic heterocycles. The Morgan fingerprint density at radius 3 is 2.50 bits per heavy atom. The minimum atomic E-state index is -0.645. The molecule has 0 aliphatic carbocycles. The number of esters is 1. The van der Waals surface area contributed by atoms with Gasteiger partial charge in [0.05, 0.1) is 12.5 Å². The minimum absolute atomic E-state index is 0.178. The Kier molecular flexibility index (Phi) is 5.26. The zero-order valence-electron chi connectivity index (χ0n) is 12.7. The van der Waals surface area contributed by atoms with Crippen molar-refractivity contribution in [2.75, 3.05) is 24.4 Å². The highest BCUT2D eigenvalue weighted by Crippen LogP contribution is 2.20. The topological polar surface area (TPSA) is 102 Å². The van der Waals surface area contributed by atoms with Crippen LogP contribution >= 0.6 is 0 Å². The van der Waals surface area contributed by atoms with Crippen LogP contribution in [-0.2, 0) is 9.53 Å². The average molecular weight is 281 g/mol. The first-order valence-electron chi connectivity index (χ1n) is 6.48. The summed E-state index contributed by atoms with van der Waals surface area (Å²) >= 11 is 0. The molecule has 1 rings (SSSR count). The molecule has 0 spiro atoms. The van der Waals surface area contributed by atoms with E-state index in [0.29, 0.717) is 24.0 Å². The fourth-order valence-corrected chi connectivity index (χ4v) is 1.55. The van der Waals surface area contributed by atoms with Crippen LogP contribution in [0.25, 0.3) is 0 Å². The van der Waals surface area contributed by atoms with Gasteiger partial charge in [0.15, 0.2) is 0 Å². The molecule has 0 aromatic carbocycles. The standard InChI is InChI=1S/C13H23N5O2/c1-8(2)11-16-9(6-10(17-11)18-14)15-7-13(3,4)12(19)20-5/h6,8H,7,14H2,1-5H3,(H2,15,16,17,18). The second-order valence-electron chi connectivity index (χ2n) is 5.52. The summed E-state index contributed by atoms with van der Waals surface area (Å²) in [6, 6.07) is 1.69. The smallest absolute Gasteiger partial charge is 0.313 e. The molecule has 20 heavy (non-hydrogen) atoms. The summed E-state index contributed by atoms with van der Waals surface area (Å²) in [7, 11) is 1.38. The molecule has 0 bridgehead atoms. The Morgan fingerprint density at radius 2 is 2.00 bits per heavy atom. The Hall–Kier alpha value is -1.89. The number of hydrazine groups is 1. The number of nitrogen functional groups attached to an aromatic ring is 1. The second kappa shape index (κ2) is 6.51. The molecular weight excluding hydrogens is 258 g/mol. The number of nitrogens with one attached hydrogen (secondary N) is 2. The van der Waals surface area contributed by atoms with E-state index in [0.717, 1.165) is 0 Å². The van der Waals surface area contributed by atoms with E-state index < -0.39 is 5.41 Å². The first-order chi connectivity index (χ1) is 9.30. The average Bonchev–Trinajstić information content (AvgIpc) is 2.43. The van der Waals surface area contributed by atoms with E-state index in [-0.39, 0.29) is 11.9 Å². The number of ether oxygens (including phenoxy) is 1. The lowest BCUT2D eigenvalue weighted by Gasteiger charge is -2.22. The Morgan fingerprint density at radius 1 is 1.40 bits per heavy atom. The van der Waals surface area contributed by atoms with Crippen LogP contribution in [0.1, 0.15) is 39.4 Å². The van der Waals surface area contributed by atoms with E-state index in [1.54, 1.807) is 19.9 Å². The van der Waals surface area contributed by atoms with Crippen molar-refractivity contribution in [3.05, 3.63) is 11.9 Å². The first-order valence-corrected chi connectivity index (χ1v) is 6.48. The molecule has 7 nitrogen and oxygen atoms in total. The van der Waals surface area contributed by atoms with Gasteiger partial charge in [-0.15, -0.1) is 0 Å². The summed E-state index contributed by atoms with van der Waals surface area (Å²) < 4.78 is 4.77. The highest BCUT2D eigenvalue weighted by atomic mass is 16.5. The van der Waals surface area contributed by atoms with Crippen LogP contribution in [0.5, 0.6) is 0 Å². The van der Waals surface area contributed by atoms with Gasteiger partial charge in [-0.2, -0.15) is 0 Å². The lowest BCUT2D eigenvalue weighted by Crippen LogP contribution is -2.33. The summed E-state index contributed by atoms with van der Waals surface area (Å²) in [5, 5.41) is 3.12. The molecule has 0 radical (unpaired) electrons. The van der Waals surface area contributed by atoms with Gasteiger partial charge in [0, 0.05) is 18.5 Å². The van der Waals surface area contributed by atoms with Crippen molar-refractivity contribution >= 4 is 17.6 Å². The third-order valence-corrected chi connectivity index (χ3v) is 2.86. The molecule has 0 unspecified atom stereocenters. The van der Waals surface area contributed by atoms with E-state index in [9.17, 15) is 4.79 Å². The highest BCUT2D eigenvalue weighted by molar-refractivity contribution is 5.76. The number of hydrogen-bond acceptors (Lipinski definition) is 7. The van der Waals surface area contributed by atoms with Gasteiger partial charge in [-0.3, -0.25) is 4.79 Å². The largest absolute Gasteiger partial charge is 0.469 e. The van der Waals surface area contributed by atoms with Gasteiger partial charge in [0.25, 0.3) is 0 Å². The van der Waals surface area contributed by atoms with Crippen LogP contribution in [-0.4, -0.2) is 29.6 Å². The van der Waals surface area contributed by atoms with Gasteiger partial charge in [-0.1, -0.05) is 13.8 Å². The van der Waals surface area contributed by atoms with Crippen molar-refractivity contribution in [3.8, 4) is 0 Å². The van der Waals surface area contributed by atoms with Crippen LogP contribution in [0.2, 0.25) is 0 Å². The van der Waals surface area contributed by atoms with Crippen molar-refractivity contribution < 1.29 is 9.53 Å². The number of nitrogens with two attached hydrogens (primary N) is 1. The first kappa shape index (κ1) is 16.2. The second-order valence-corrected chi connectivity index (χ2v) is 5.52. The number of rotatable bonds is 6. The molecule has 1 heterocycles. The number of carbonyl (C=O) groups excluding carboxylic acids is 1. The maximum absolute atomic E-state index is 11.6. The van der Waals surface area contributed by atoms with Crippen LogP contribution in [0.3, 0.4) is 0 Å². The fraction of sp³-hybridized carbons (Fsp3) is 0.615. The molecule has 112 valence electrons. The molecule has 0 saturated carbocycles. The maximum atomic E-state index is 11.6. The molecule has 0 atom stereocenters. The lowest BCUT2D eigenvalue weighted by molar-refractivity contribution is -0.149. The predicted octanol–water partition coefficient (Wildman–Crippen LogP) is 1.50. The van der Waals surface area contributed by atoms with Crippen LogP contribution in [0.15, 0.2) is 6.07 Å². The van der Waals surface area contributed by atoms with E-state index in [4.69, 9.17) is 10.6 Å². The van der Waals surface area contributed by atoms with Crippen molar-refractivity contribution in [2.24, 2.45) is 11.3 Å². The zero-order chi connectivity index (χ0) is 15.3. The Labute approximate surface area is 119 Å². The third kappa shape index (κ3) is 4.06. The number of nitrogens with zero attached hydrogens (tertiary/aromatic N) is 2. The van der Waals surface area contributed by atoms with E-state index in [1.807, 2.05) is 13.8 Å². The third-order valence-electron chi connectivity index (χ3n) is 2.86. The van der Waals surface area contributed by atoms with Gasteiger partial charge in [0.1, 0.15) is 17.5 Å². The monoisotopic (exact) mass is 281 g/mol. The summed E-state index contributed by atoms with van der Waals surface area (Å²) in [6.07, 6.45) is 0. The van der Waals surface area contributed by atoms with E-state index >= 15 is 0 Å². The number of carbonyl (C=O) groups is 1. The quantitative estimate of drug-likeness (QED) is 0.412.